The van der Waals surface area contributed by atoms with E-state index >= 15 is 0 Å². The Bertz CT molecular complexity index is 514. The van der Waals surface area contributed by atoms with Crippen LogP contribution in [0.15, 0.2) is 18.2 Å². The molecule has 0 radical (unpaired) electrons. The maximum Gasteiger partial charge on any atom is 0.305 e. The Labute approximate surface area is 117 Å². The van der Waals surface area contributed by atoms with Crippen molar-refractivity contribution >= 4 is 11.8 Å². The molecule has 20 heavy (non-hydrogen) atoms. The van der Waals surface area contributed by atoms with Crippen molar-refractivity contribution in [2.24, 2.45) is 0 Å². The maximum absolute atomic E-state index is 12.4. The monoisotopic (exact) mass is 279 g/mol. The van der Waals surface area contributed by atoms with Crippen LogP contribution in [0.3, 0.4) is 0 Å². The fraction of sp³-hybridized carbons (Fsp3) is 0.429. The smallest absolute Gasteiger partial charge is 0.305 e. The number of hydrogen-bond acceptors (Lipinski definition) is 6. The standard InChI is InChI=1S/C14H17NO5/c1-15-10(4-6-13(16)18-2)14(17)9-3-5-11-12(7-9)20-8-19-11/h3,5,7,10,15H,4,6,8H2,1-2H3. The number of nitrogens with one attached hydrogen (secondary N) is 1. The highest BCUT2D eigenvalue weighted by atomic mass is 16.7. The van der Waals surface area contributed by atoms with Crippen molar-refractivity contribution in [3.63, 3.8) is 0 Å². The van der Waals surface area contributed by atoms with Crippen molar-refractivity contribution in [3.8, 4) is 11.5 Å². The second kappa shape index (κ2) is 6.38. The zero-order valence-corrected chi connectivity index (χ0v) is 11.5. The average molecular weight is 279 g/mol. The van der Waals surface area contributed by atoms with Gasteiger partial charge >= 0.3 is 5.97 Å². The first-order valence-corrected chi connectivity index (χ1v) is 6.33. The van der Waals surface area contributed by atoms with E-state index in [9.17, 15) is 9.59 Å². The van der Waals surface area contributed by atoms with E-state index in [-0.39, 0.29) is 25.0 Å². The van der Waals surface area contributed by atoms with Crippen LogP contribution in [0.1, 0.15) is 23.2 Å². The molecule has 1 heterocycles. The molecule has 1 N–H and O–H groups in total. The van der Waals surface area contributed by atoms with Crippen molar-refractivity contribution in [3.05, 3.63) is 23.8 Å². The average Bonchev–Trinajstić information content (AvgIpc) is 2.94. The van der Waals surface area contributed by atoms with Crippen LogP contribution in [-0.2, 0) is 9.53 Å². The number of ether oxygens (including phenoxy) is 3. The van der Waals surface area contributed by atoms with E-state index in [1.54, 1.807) is 25.2 Å². The fourth-order valence-corrected chi connectivity index (χ4v) is 2.02. The Morgan fingerprint density at radius 2 is 2.10 bits per heavy atom. The minimum absolute atomic E-state index is 0.0882. The maximum atomic E-state index is 12.4. The number of hydrogen-bond donors (Lipinski definition) is 1. The van der Waals surface area contributed by atoms with Crippen LogP contribution < -0.4 is 14.8 Å². The largest absolute Gasteiger partial charge is 0.469 e. The summed E-state index contributed by atoms with van der Waals surface area (Å²) in [6.07, 6.45) is 0.578. The van der Waals surface area contributed by atoms with E-state index in [0.29, 0.717) is 23.5 Å². The van der Waals surface area contributed by atoms with Gasteiger partial charge in [-0.3, -0.25) is 9.59 Å². The lowest BCUT2D eigenvalue weighted by atomic mass is 10.00. The van der Waals surface area contributed by atoms with Crippen LogP contribution in [0, 0.1) is 0 Å². The van der Waals surface area contributed by atoms with Gasteiger partial charge in [-0.15, -0.1) is 0 Å². The predicted octanol–water partition coefficient (Wildman–Crippen LogP) is 1.14. The lowest BCUT2D eigenvalue weighted by Crippen LogP contribution is -2.34. The molecule has 1 aliphatic heterocycles. The summed E-state index contributed by atoms with van der Waals surface area (Å²) in [5, 5.41) is 2.92. The van der Waals surface area contributed by atoms with Crippen molar-refractivity contribution in [2.45, 2.75) is 18.9 Å². The van der Waals surface area contributed by atoms with Gasteiger partial charge in [-0.05, 0) is 31.7 Å². The van der Waals surface area contributed by atoms with Gasteiger partial charge in [-0.25, -0.2) is 0 Å². The normalized spacial score (nSPS) is 13.9. The zero-order valence-electron chi connectivity index (χ0n) is 11.5. The van der Waals surface area contributed by atoms with Crippen LogP contribution in [0.5, 0.6) is 11.5 Å². The molecule has 0 fully saturated rings. The number of carbonyl (C=O) groups excluding carboxylic acids is 2. The Morgan fingerprint density at radius 1 is 1.35 bits per heavy atom. The lowest BCUT2D eigenvalue weighted by Gasteiger charge is -2.14. The number of likely N-dealkylation sites (N-methyl/N-ethyl adjacent to an activating group) is 1. The Morgan fingerprint density at radius 3 is 2.80 bits per heavy atom. The second-order valence-corrected chi connectivity index (χ2v) is 4.39. The van der Waals surface area contributed by atoms with Crippen LogP contribution in [-0.4, -0.2) is 38.7 Å². The number of Topliss-reactive ketones (excluding diaryl/α,β-unsaturated/α-hetero) is 1. The Hall–Kier alpha value is -2.08. The van der Waals surface area contributed by atoms with E-state index in [4.69, 9.17) is 9.47 Å². The summed E-state index contributed by atoms with van der Waals surface area (Å²) in [5.74, 6) is 0.786. The zero-order chi connectivity index (χ0) is 14.5. The van der Waals surface area contributed by atoms with Gasteiger partial charge in [0.15, 0.2) is 17.3 Å². The van der Waals surface area contributed by atoms with Gasteiger partial charge in [-0.2, -0.15) is 0 Å². The van der Waals surface area contributed by atoms with Crippen molar-refractivity contribution in [1.82, 2.24) is 5.32 Å². The van der Waals surface area contributed by atoms with E-state index < -0.39 is 6.04 Å². The quantitative estimate of drug-likeness (QED) is 0.622. The van der Waals surface area contributed by atoms with Gasteiger partial charge in [0.2, 0.25) is 6.79 Å². The predicted molar refractivity (Wildman–Crippen MR) is 71.0 cm³/mol. The molecule has 108 valence electrons. The van der Waals surface area contributed by atoms with E-state index in [1.165, 1.54) is 7.11 Å². The first kappa shape index (κ1) is 14.3. The summed E-state index contributed by atoms with van der Waals surface area (Å²) >= 11 is 0. The Kier molecular flexibility index (Phi) is 4.57. The summed E-state index contributed by atoms with van der Waals surface area (Å²) in [4.78, 5) is 23.5. The molecule has 0 aliphatic carbocycles. The molecule has 6 heteroatoms. The lowest BCUT2D eigenvalue weighted by molar-refractivity contribution is -0.140. The summed E-state index contributed by atoms with van der Waals surface area (Å²) in [7, 11) is 3.02. The third-order valence-corrected chi connectivity index (χ3v) is 3.19. The van der Waals surface area contributed by atoms with E-state index in [0.717, 1.165) is 0 Å². The van der Waals surface area contributed by atoms with Gasteiger partial charge in [-0.1, -0.05) is 0 Å². The molecule has 0 amide bonds. The molecule has 1 aromatic carbocycles. The van der Waals surface area contributed by atoms with Gasteiger partial charge in [0.05, 0.1) is 13.2 Å². The molecule has 1 aromatic rings. The first-order valence-electron chi connectivity index (χ1n) is 6.33. The van der Waals surface area contributed by atoms with E-state index in [2.05, 4.69) is 10.1 Å². The summed E-state index contributed by atoms with van der Waals surface area (Å²) in [6, 6.07) is 4.63. The first-order chi connectivity index (χ1) is 9.65. The molecule has 1 unspecified atom stereocenters. The highest BCUT2D eigenvalue weighted by Gasteiger charge is 2.22. The molecular weight excluding hydrogens is 262 g/mol. The van der Waals surface area contributed by atoms with Crippen LogP contribution in [0.4, 0.5) is 0 Å². The molecule has 2 rings (SSSR count). The molecule has 0 bridgehead atoms. The van der Waals surface area contributed by atoms with Gasteiger partial charge < -0.3 is 19.5 Å². The SMILES string of the molecule is CNC(CCC(=O)OC)C(=O)c1ccc2c(c1)OCO2. The minimum Gasteiger partial charge on any atom is -0.469 e. The number of methoxy groups -OCH3 is 1. The van der Waals surface area contributed by atoms with Crippen LogP contribution >= 0.6 is 0 Å². The Balaban J connectivity index is 2.06. The molecule has 0 saturated heterocycles. The molecule has 1 atom stereocenters. The number of fused-ring (bicyclic) bond motifs is 1. The molecule has 1 aliphatic rings. The van der Waals surface area contributed by atoms with Gasteiger partial charge in [0.25, 0.3) is 0 Å². The third-order valence-electron chi connectivity index (χ3n) is 3.19. The van der Waals surface area contributed by atoms with Crippen LogP contribution in [0.2, 0.25) is 0 Å². The molecule has 0 aromatic heterocycles. The molecule has 0 saturated carbocycles. The molecule has 0 spiro atoms. The molecule has 6 nitrogen and oxygen atoms in total. The summed E-state index contributed by atoms with van der Waals surface area (Å²) < 4.78 is 15.0. The van der Waals surface area contributed by atoms with Crippen molar-refractivity contribution < 1.29 is 23.8 Å². The summed E-state index contributed by atoms with van der Waals surface area (Å²) in [6.45, 7) is 0.171. The fourth-order valence-electron chi connectivity index (χ4n) is 2.02. The third kappa shape index (κ3) is 3.08. The second-order valence-electron chi connectivity index (χ2n) is 4.39. The minimum atomic E-state index is -0.436. The van der Waals surface area contributed by atoms with Gasteiger partial charge in [0, 0.05) is 12.0 Å². The number of esters is 1. The topological polar surface area (TPSA) is 73.9 Å². The highest BCUT2D eigenvalue weighted by molar-refractivity contribution is 6.00. The molecular formula is C14H17NO5. The van der Waals surface area contributed by atoms with Crippen molar-refractivity contribution in [1.29, 1.82) is 0 Å². The van der Waals surface area contributed by atoms with Gasteiger partial charge in [0.1, 0.15) is 0 Å². The number of rotatable bonds is 6. The number of ketones is 1. The highest BCUT2D eigenvalue weighted by Crippen LogP contribution is 2.32. The number of benzene rings is 1. The number of carbonyl (C=O) groups is 2. The summed E-state index contributed by atoms with van der Waals surface area (Å²) in [5.41, 5.74) is 0.526. The van der Waals surface area contributed by atoms with E-state index in [1.807, 2.05) is 0 Å². The van der Waals surface area contributed by atoms with Crippen molar-refractivity contribution in [2.75, 3.05) is 21.0 Å². The van der Waals surface area contributed by atoms with Crippen LogP contribution in [0.25, 0.3) is 0 Å².